The van der Waals surface area contributed by atoms with Crippen LogP contribution < -0.4 is 0 Å². The maximum atomic E-state index is 6.14. The fourth-order valence-corrected chi connectivity index (χ4v) is 5.04. The molecule has 21 heavy (non-hydrogen) atoms. The minimum absolute atomic E-state index is 0.278. The molecule has 0 aromatic heterocycles. The summed E-state index contributed by atoms with van der Waals surface area (Å²) in [5, 5.41) is 0. The van der Waals surface area contributed by atoms with E-state index in [2.05, 4.69) is 72.9 Å². The highest BCUT2D eigenvalue weighted by Gasteiger charge is 2.49. The first-order chi connectivity index (χ1) is 10.1. The molecule has 2 radical (unpaired) electrons. The van der Waals surface area contributed by atoms with Gasteiger partial charge >= 0.3 is 0 Å². The SMILES string of the molecule is [B]C1=CC2C(C=C1)c1ccc(I)cc1C2(CCC)CCC. The molecule has 3 rings (SSSR count). The first kappa shape index (κ1) is 15.4. The number of hydrogen-bond donors (Lipinski definition) is 0. The van der Waals surface area contributed by atoms with Gasteiger partial charge in [-0.2, -0.15) is 0 Å². The molecule has 0 saturated heterocycles. The number of fused-ring (bicyclic) bond motifs is 3. The summed E-state index contributed by atoms with van der Waals surface area (Å²) in [6, 6.07) is 7.03. The van der Waals surface area contributed by atoms with Crippen LogP contribution in [0.4, 0.5) is 0 Å². The van der Waals surface area contributed by atoms with Gasteiger partial charge in [-0.25, -0.2) is 0 Å². The highest BCUT2D eigenvalue weighted by molar-refractivity contribution is 14.1. The van der Waals surface area contributed by atoms with Gasteiger partial charge in [0.1, 0.15) is 7.85 Å². The summed E-state index contributed by atoms with van der Waals surface area (Å²) >= 11 is 2.45. The first-order valence-electron chi connectivity index (χ1n) is 8.08. The second kappa shape index (κ2) is 5.94. The van der Waals surface area contributed by atoms with Crippen LogP contribution in [0.1, 0.15) is 56.6 Å². The lowest BCUT2D eigenvalue weighted by atomic mass is 9.64. The Bertz CT molecular complexity index is 594. The third kappa shape index (κ3) is 2.44. The Kier molecular flexibility index (Phi) is 4.36. The molecule has 2 aliphatic rings. The first-order valence-corrected chi connectivity index (χ1v) is 9.15. The molecule has 1 aromatic carbocycles. The topological polar surface area (TPSA) is 0 Å². The van der Waals surface area contributed by atoms with Gasteiger partial charge in [0.15, 0.2) is 0 Å². The summed E-state index contributed by atoms with van der Waals surface area (Å²) in [5.41, 5.74) is 4.33. The summed E-state index contributed by atoms with van der Waals surface area (Å²) in [6.45, 7) is 4.62. The standard InChI is InChI=1S/C19H22BI/c1-3-9-19(10-4-2)17-11-13(20)5-7-15(17)16-8-6-14(21)12-18(16)19/h5-8,11-12,15,17H,3-4,9-10H2,1-2H3. The van der Waals surface area contributed by atoms with Crippen LogP contribution in [0.5, 0.6) is 0 Å². The van der Waals surface area contributed by atoms with Gasteiger partial charge in [-0.05, 0) is 64.6 Å². The maximum absolute atomic E-state index is 6.14. The molecule has 0 spiro atoms. The summed E-state index contributed by atoms with van der Waals surface area (Å²) < 4.78 is 1.35. The zero-order valence-electron chi connectivity index (χ0n) is 12.9. The van der Waals surface area contributed by atoms with Crippen LogP contribution in [0, 0.1) is 9.49 Å². The van der Waals surface area contributed by atoms with Gasteiger partial charge in [-0.3, -0.25) is 0 Å². The van der Waals surface area contributed by atoms with Crippen molar-refractivity contribution in [3.05, 3.63) is 56.6 Å². The average molecular weight is 388 g/mol. The van der Waals surface area contributed by atoms with Crippen LogP contribution in [0.3, 0.4) is 0 Å². The minimum Gasteiger partial charge on any atom is -0.101 e. The zero-order chi connectivity index (χ0) is 15.0. The van der Waals surface area contributed by atoms with Gasteiger partial charge < -0.3 is 0 Å². The lowest BCUT2D eigenvalue weighted by molar-refractivity contribution is 0.277. The molecule has 2 heteroatoms. The van der Waals surface area contributed by atoms with E-state index < -0.39 is 0 Å². The number of halogens is 1. The molecule has 2 atom stereocenters. The lowest BCUT2D eigenvalue weighted by Crippen LogP contribution is -2.32. The molecular formula is C19H22BI. The summed E-state index contributed by atoms with van der Waals surface area (Å²) in [5.74, 6) is 1.05. The lowest BCUT2D eigenvalue weighted by Gasteiger charge is -2.38. The van der Waals surface area contributed by atoms with E-state index in [4.69, 9.17) is 7.85 Å². The zero-order valence-corrected chi connectivity index (χ0v) is 15.1. The highest BCUT2D eigenvalue weighted by Crippen LogP contribution is 2.57. The monoisotopic (exact) mass is 388 g/mol. The summed E-state index contributed by atoms with van der Waals surface area (Å²) in [7, 11) is 6.14. The summed E-state index contributed by atoms with van der Waals surface area (Å²) in [4.78, 5) is 0. The fourth-order valence-electron chi connectivity index (χ4n) is 4.55. The van der Waals surface area contributed by atoms with Crippen molar-refractivity contribution in [3.63, 3.8) is 0 Å². The van der Waals surface area contributed by atoms with Crippen LogP contribution >= 0.6 is 22.6 Å². The minimum atomic E-state index is 0.278. The van der Waals surface area contributed by atoms with E-state index in [0.717, 1.165) is 5.47 Å². The second-order valence-electron chi connectivity index (χ2n) is 6.47. The van der Waals surface area contributed by atoms with Crippen molar-refractivity contribution in [2.24, 2.45) is 5.92 Å². The molecule has 0 amide bonds. The van der Waals surface area contributed by atoms with Crippen LogP contribution in [0.25, 0.3) is 0 Å². The van der Waals surface area contributed by atoms with Crippen molar-refractivity contribution in [2.45, 2.75) is 50.9 Å². The molecule has 0 bridgehead atoms. The largest absolute Gasteiger partial charge is 0.113 e. The molecule has 0 N–H and O–H groups in total. The number of rotatable bonds is 4. The highest BCUT2D eigenvalue weighted by atomic mass is 127. The van der Waals surface area contributed by atoms with E-state index in [1.807, 2.05) is 0 Å². The van der Waals surface area contributed by atoms with Crippen LogP contribution in [0.2, 0.25) is 0 Å². The van der Waals surface area contributed by atoms with Crippen LogP contribution in [-0.2, 0) is 5.41 Å². The Morgan fingerprint density at radius 2 is 1.90 bits per heavy atom. The van der Waals surface area contributed by atoms with Gasteiger partial charge in [0.05, 0.1) is 0 Å². The second-order valence-corrected chi connectivity index (χ2v) is 7.71. The van der Waals surface area contributed by atoms with Gasteiger partial charge in [0.2, 0.25) is 0 Å². The summed E-state index contributed by atoms with van der Waals surface area (Å²) in [6.07, 6.45) is 11.7. The van der Waals surface area contributed by atoms with Gasteiger partial charge in [-0.1, -0.05) is 51.0 Å². The van der Waals surface area contributed by atoms with Gasteiger partial charge in [0, 0.05) is 14.9 Å². The Labute approximate surface area is 143 Å². The Morgan fingerprint density at radius 1 is 1.19 bits per heavy atom. The quantitative estimate of drug-likeness (QED) is 0.475. The van der Waals surface area contributed by atoms with E-state index in [9.17, 15) is 0 Å². The third-order valence-corrected chi connectivity index (χ3v) is 5.87. The fraction of sp³-hybridized carbons (Fsp3) is 0.474. The molecule has 108 valence electrons. The molecule has 2 aliphatic carbocycles. The molecule has 0 fully saturated rings. The molecule has 1 aromatic rings. The van der Waals surface area contributed by atoms with Crippen molar-refractivity contribution in [3.8, 4) is 0 Å². The molecular weight excluding hydrogens is 366 g/mol. The van der Waals surface area contributed by atoms with Crippen LogP contribution in [-0.4, -0.2) is 7.85 Å². The van der Waals surface area contributed by atoms with E-state index >= 15 is 0 Å². The maximum Gasteiger partial charge on any atom is 0.113 e. The molecule has 0 heterocycles. The van der Waals surface area contributed by atoms with Gasteiger partial charge in [0.25, 0.3) is 0 Å². The third-order valence-electron chi connectivity index (χ3n) is 5.20. The predicted octanol–water partition coefficient (Wildman–Crippen LogP) is 5.46. The van der Waals surface area contributed by atoms with Crippen LogP contribution in [0.15, 0.2) is 41.9 Å². The van der Waals surface area contributed by atoms with E-state index in [1.54, 1.807) is 5.56 Å². The normalized spacial score (nSPS) is 25.4. The van der Waals surface area contributed by atoms with Crippen molar-refractivity contribution in [1.29, 1.82) is 0 Å². The van der Waals surface area contributed by atoms with Crippen molar-refractivity contribution in [2.75, 3.05) is 0 Å². The number of hydrogen-bond acceptors (Lipinski definition) is 0. The average Bonchev–Trinajstić information content (AvgIpc) is 2.70. The smallest absolute Gasteiger partial charge is 0.101 e. The molecule has 2 unspecified atom stereocenters. The number of benzene rings is 1. The predicted molar refractivity (Wildman–Crippen MR) is 99.9 cm³/mol. The van der Waals surface area contributed by atoms with Gasteiger partial charge in [-0.15, -0.1) is 5.47 Å². The van der Waals surface area contributed by atoms with Crippen molar-refractivity contribution in [1.82, 2.24) is 0 Å². The Balaban J connectivity index is 2.20. The van der Waals surface area contributed by atoms with E-state index in [1.165, 1.54) is 34.8 Å². The number of allylic oxidation sites excluding steroid dienone is 4. The molecule has 0 nitrogen and oxygen atoms in total. The van der Waals surface area contributed by atoms with E-state index in [0.29, 0.717) is 11.8 Å². The Morgan fingerprint density at radius 3 is 2.57 bits per heavy atom. The van der Waals surface area contributed by atoms with Crippen molar-refractivity contribution >= 4 is 30.4 Å². The van der Waals surface area contributed by atoms with E-state index in [-0.39, 0.29) is 5.41 Å². The molecule has 0 aliphatic heterocycles. The van der Waals surface area contributed by atoms with Crippen molar-refractivity contribution < 1.29 is 0 Å². The molecule has 0 saturated carbocycles. The Hall–Kier alpha value is -0.505.